The summed E-state index contributed by atoms with van der Waals surface area (Å²) in [5, 5.41) is 0. The van der Waals surface area contributed by atoms with Crippen LogP contribution in [0.15, 0.2) is 0 Å². The lowest BCUT2D eigenvalue weighted by molar-refractivity contribution is -0.156. The molecule has 0 aromatic heterocycles. The van der Waals surface area contributed by atoms with Crippen LogP contribution in [0.1, 0.15) is 40.0 Å². The van der Waals surface area contributed by atoms with Gasteiger partial charge >= 0.3 is 5.97 Å². The minimum Gasteiger partial charge on any atom is -0.463 e. The lowest BCUT2D eigenvalue weighted by atomic mass is 9.88. The summed E-state index contributed by atoms with van der Waals surface area (Å²) < 4.78 is 10.4. The number of rotatable bonds is 9. The highest BCUT2D eigenvalue weighted by Gasteiger charge is 2.31. The van der Waals surface area contributed by atoms with Crippen molar-refractivity contribution in [2.24, 2.45) is 11.1 Å². The highest BCUT2D eigenvalue weighted by molar-refractivity contribution is 5.76. The number of hydrogen-bond acceptors (Lipinski definition) is 4. The number of carbonyl (C=O) groups excluding carboxylic acids is 1. The minimum atomic E-state index is -0.552. The van der Waals surface area contributed by atoms with Crippen molar-refractivity contribution in [1.82, 2.24) is 0 Å². The Bertz CT molecular complexity index is 191. The number of carbonyl (C=O) groups is 1. The van der Waals surface area contributed by atoms with E-state index in [0.717, 1.165) is 19.4 Å². The van der Waals surface area contributed by atoms with Gasteiger partial charge in [0, 0.05) is 13.2 Å². The van der Waals surface area contributed by atoms with E-state index in [4.69, 9.17) is 15.2 Å². The fourth-order valence-electron chi connectivity index (χ4n) is 1.09. The fraction of sp³-hybridized carbons (Fsp3) is 0.917. The fourth-order valence-corrected chi connectivity index (χ4v) is 1.09. The molecule has 0 aliphatic rings. The van der Waals surface area contributed by atoms with Gasteiger partial charge in [-0.05, 0) is 19.8 Å². The molecule has 0 aromatic carbocycles. The Morgan fingerprint density at radius 2 is 1.94 bits per heavy atom. The number of ether oxygens (including phenoxy) is 2. The van der Waals surface area contributed by atoms with Gasteiger partial charge in [0.05, 0.1) is 12.0 Å². The first-order valence-electron chi connectivity index (χ1n) is 6.05. The first kappa shape index (κ1) is 15.4. The zero-order valence-electron chi connectivity index (χ0n) is 10.8. The lowest BCUT2D eigenvalue weighted by Gasteiger charge is -2.23. The van der Waals surface area contributed by atoms with Crippen molar-refractivity contribution < 1.29 is 14.3 Å². The molecule has 96 valence electrons. The number of nitrogens with two attached hydrogens (primary N) is 1. The Morgan fingerprint density at radius 1 is 1.25 bits per heavy atom. The lowest BCUT2D eigenvalue weighted by Crippen LogP contribution is -2.37. The second-order valence-corrected chi connectivity index (χ2v) is 4.22. The molecule has 0 rings (SSSR count). The summed E-state index contributed by atoms with van der Waals surface area (Å²) in [6, 6.07) is 0. The Morgan fingerprint density at radius 3 is 2.44 bits per heavy atom. The molecule has 4 nitrogen and oxygen atoms in total. The molecule has 0 radical (unpaired) electrons. The van der Waals surface area contributed by atoms with Crippen LogP contribution in [0.3, 0.4) is 0 Å². The number of unbranched alkanes of at least 4 members (excludes halogenated alkanes) is 1. The molecule has 4 heteroatoms. The van der Waals surface area contributed by atoms with Crippen LogP contribution in [0, 0.1) is 5.41 Å². The van der Waals surface area contributed by atoms with Gasteiger partial charge in [-0.2, -0.15) is 0 Å². The normalized spacial score (nSPS) is 14.5. The van der Waals surface area contributed by atoms with Crippen LogP contribution in [0.2, 0.25) is 0 Å². The van der Waals surface area contributed by atoms with Gasteiger partial charge < -0.3 is 15.2 Å². The molecular formula is C12H25NO3. The second kappa shape index (κ2) is 8.53. The SMILES string of the molecule is CCCCOCCOC(=O)C(C)(CC)CN. The molecule has 0 amide bonds. The highest BCUT2D eigenvalue weighted by atomic mass is 16.6. The van der Waals surface area contributed by atoms with E-state index >= 15 is 0 Å². The van der Waals surface area contributed by atoms with Crippen LogP contribution < -0.4 is 5.73 Å². The van der Waals surface area contributed by atoms with E-state index < -0.39 is 5.41 Å². The van der Waals surface area contributed by atoms with Crippen LogP contribution in [0.25, 0.3) is 0 Å². The van der Waals surface area contributed by atoms with Crippen LogP contribution >= 0.6 is 0 Å². The molecule has 0 saturated carbocycles. The Kier molecular flexibility index (Phi) is 8.21. The predicted molar refractivity (Wildman–Crippen MR) is 64.1 cm³/mol. The van der Waals surface area contributed by atoms with Crippen LogP contribution in [0.5, 0.6) is 0 Å². The molecule has 16 heavy (non-hydrogen) atoms. The third kappa shape index (κ3) is 5.47. The zero-order chi connectivity index (χ0) is 12.4. The monoisotopic (exact) mass is 231 g/mol. The van der Waals surface area contributed by atoms with Gasteiger partial charge in [0.15, 0.2) is 0 Å². The maximum absolute atomic E-state index is 11.7. The van der Waals surface area contributed by atoms with Crippen molar-refractivity contribution in [1.29, 1.82) is 0 Å². The third-order valence-electron chi connectivity index (χ3n) is 2.83. The minimum absolute atomic E-state index is 0.225. The second-order valence-electron chi connectivity index (χ2n) is 4.22. The molecule has 1 atom stereocenters. The molecule has 0 aromatic rings. The topological polar surface area (TPSA) is 61.5 Å². The molecule has 0 heterocycles. The average Bonchev–Trinajstić information content (AvgIpc) is 2.32. The van der Waals surface area contributed by atoms with E-state index in [-0.39, 0.29) is 5.97 Å². The molecule has 0 spiro atoms. The van der Waals surface area contributed by atoms with Crippen molar-refractivity contribution in [3.8, 4) is 0 Å². The van der Waals surface area contributed by atoms with Gasteiger partial charge in [-0.15, -0.1) is 0 Å². The van der Waals surface area contributed by atoms with Crippen molar-refractivity contribution in [3.05, 3.63) is 0 Å². The van der Waals surface area contributed by atoms with Crippen molar-refractivity contribution in [2.45, 2.75) is 40.0 Å². The number of esters is 1. The Balaban J connectivity index is 3.64. The molecule has 0 fully saturated rings. The largest absolute Gasteiger partial charge is 0.463 e. The Labute approximate surface area is 98.5 Å². The average molecular weight is 231 g/mol. The molecule has 1 unspecified atom stereocenters. The number of hydrogen-bond donors (Lipinski definition) is 1. The quantitative estimate of drug-likeness (QED) is 0.485. The predicted octanol–water partition coefficient (Wildman–Crippen LogP) is 1.72. The molecule has 0 saturated heterocycles. The van der Waals surface area contributed by atoms with Crippen LogP contribution in [0.4, 0.5) is 0 Å². The van der Waals surface area contributed by atoms with Crippen LogP contribution in [-0.2, 0) is 14.3 Å². The molecule has 0 bridgehead atoms. The summed E-state index contributed by atoms with van der Waals surface area (Å²) in [6.45, 7) is 7.71. The maximum Gasteiger partial charge on any atom is 0.313 e. The molecular weight excluding hydrogens is 206 g/mol. The summed E-state index contributed by atoms with van der Waals surface area (Å²) in [5.74, 6) is -0.225. The highest BCUT2D eigenvalue weighted by Crippen LogP contribution is 2.20. The summed E-state index contributed by atoms with van der Waals surface area (Å²) >= 11 is 0. The smallest absolute Gasteiger partial charge is 0.313 e. The maximum atomic E-state index is 11.7. The first-order valence-corrected chi connectivity index (χ1v) is 6.05. The summed E-state index contributed by atoms with van der Waals surface area (Å²) in [7, 11) is 0. The third-order valence-corrected chi connectivity index (χ3v) is 2.83. The van der Waals surface area contributed by atoms with Gasteiger partial charge in [0.2, 0.25) is 0 Å². The molecule has 0 aliphatic heterocycles. The van der Waals surface area contributed by atoms with E-state index in [1.807, 2.05) is 13.8 Å². The zero-order valence-corrected chi connectivity index (χ0v) is 10.8. The van der Waals surface area contributed by atoms with E-state index in [1.165, 1.54) is 0 Å². The summed E-state index contributed by atoms with van der Waals surface area (Å²) in [4.78, 5) is 11.7. The van der Waals surface area contributed by atoms with Crippen molar-refractivity contribution >= 4 is 5.97 Å². The van der Waals surface area contributed by atoms with Gasteiger partial charge in [-0.1, -0.05) is 20.3 Å². The Hall–Kier alpha value is -0.610. The first-order chi connectivity index (χ1) is 7.60. The van der Waals surface area contributed by atoms with Crippen molar-refractivity contribution in [2.75, 3.05) is 26.4 Å². The van der Waals surface area contributed by atoms with E-state index in [9.17, 15) is 4.79 Å². The summed E-state index contributed by atoms with van der Waals surface area (Å²) in [5.41, 5.74) is 5.00. The van der Waals surface area contributed by atoms with E-state index in [1.54, 1.807) is 0 Å². The molecule has 2 N–H and O–H groups in total. The van der Waals surface area contributed by atoms with Gasteiger partial charge in [0.25, 0.3) is 0 Å². The van der Waals surface area contributed by atoms with E-state index in [2.05, 4.69) is 6.92 Å². The van der Waals surface area contributed by atoms with Gasteiger partial charge in [0.1, 0.15) is 6.61 Å². The molecule has 0 aliphatic carbocycles. The van der Waals surface area contributed by atoms with Gasteiger partial charge in [-0.25, -0.2) is 0 Å². The summed E-state index contributed by atoms with van der Waals surface area (Å²) in [6.07, 6.45) is 2.85. The standard InChI is InChI=1S/C12H25NO3/c1-4-6-7-15-8-9-16-11(14)12(3,5-2)10-13/h4-10,13H2,1-3H3. The van der Waals surface area contributed by atoms with Crippen molar-refractivity contribution in [3.63, 3.8) is 0 Å². The van der Waals surface area contributed by atoms with Crippen LogP contribution in [-0.4, -0.2) is 32.3 Å². The van der Waals surface area contributed by atoms with Gasteiger partial charge in [-0.3, -0.25) is 4.79 Å². The van der Waals surface area contributed by atoms with E-state index in [0.29, 0.717) is 26.2 Å².